The van der Waals surface area contributed by atoms with Crippen LogP contribution in [0.4, 0.5) is 0 Å². The molecule has 9 nitrogen and oxygen atoms in total. The number of hydrogen-bond acceptors (Lipinski definition) is 8. The SMILES string of the molecule is C=CCCOC(=O)[C@H]1[C@H]2C(=O)N([C@@H](CO)Cc3ccccc3)C(C(=O)N(CC=C)CCN3CCOCC3)C23CC(Br)[C@@H]1S3. The topological polar surface area (TPSA) is 99.6 Å². The first-order chi connectivity index (χ1) is 20.9. The maximum absolute atomic E-state index is 14.8. The molecular weight excluding hydrogens is 634 g/mol. The van der Waals surface area contributed by atoms with Crippen molar-refractivity contribution in [2.24, 2.45) is 11.8 Å². The van der Waals surface area contributed by atoms with Crippen LogP contribution in [0.25, 0.3) is 0 Å². The Morgan fingerprint density at radius 3 is 2.65 bits per heavy atom. The Hall–Kier alpha value is -2.18. The Morgan fingerprint density at radius 1 is 1.23 bits per heavy atom. The average molecular weight is 677 g/mol. The van der Waals surface area contributed by atoms with Crippen molar-refractivity contribution in [3.05, 3.63) is 61.2 Å². The zero-order valence-electron chi connectivity index (χ0n) is 24.5. The number of benzene rings is 1. The van der Waals surface area contributed by atoms with Gasteiger partial charge in [0.05, 0.1) is 49.1 Å². The van der Waals surface area contributed by atoms with Crippen LogP contribution < -0.4 is 0 Å². The van der Waals surface area contributed by atoms with Crippen molar-refractivity contribution < 1.29 is 29.0 Å². The van der Waals surface area contributed by atoms with Crippen LogP contribution in [0.3, 0.4) is 0 Å². The number of nitrogens with zero attached hydrogens (tertiary/aromatic N) is 3. The highest BCUT2D eigenvalue weighted by atomic mass is 79.9. The number of aliphatic hydroxyl groups excluding tert-OH is 1. The predicted octanol–water partition coefficient (Wildman–Crippen LogP) is 2.52. The zero-order valence-corrected chi connectivity index (χ0v) is 26.9. The number of ether oxygens (including phenoxy) is 2. The van der Waals surface area contributed by atoms with Gasteiger partial charge < -0.3 is 24.4 Å². The Morgan fingerprint density at radius 2 is 1.98 bits per heavy atom. The van der Waals surface area contributed by atoms with E-state index in [0.717, 1.165) is 18.7 Å². The number of rotatable bonds is 14. The molecule has 2 amide bonds. The van der Waals surface area contributed by atoms with Crippen molar-refractivity contribution in [2.75, 3.05) is 59.2 Å². The summed E-state index contributed by atoms with van der Waals surface area (Å²) in [5.74, 6) is -2.21. The first-order valence-corrected chi connectivity index (χ1v) is 16.9. The maximum Gasteiger partial charge on any atom is 0.310 e. The van der Waals surface area contributed by atoms with Crippen molar-refractivity contribution in [1.82, 2.24) is 14.7 Å². The number of alkyl halides is 1. The number of morpholine rings is 1. The quantitative estimate of drug-likeness (QED) is 0.139. The van der Waals surface area contributed by atoms with Crippen molar-refractivity contribution >= 4 is 45.5 Å². The van der Waals surface area contributed by atoms with Crippen molar-refractivity contribution in [2.45, 2.75) is 46.2 Å². The van der Waals surface area contributed by atoms with E-state index in [1.807, 2.05) is 30.3 Å². The van der Waals surface area contributed by atoms with Gasteiger partial charge in [-0.3, -0.25) is 19.3 Å². The molecule has 4 aliphatic heterocycles. The Balaban J connectivity index is 1.50. The molecule has 7 atom stereocenters. The van der Waals surface area contributed by atoms with Crippen LogP contribution in [-0.2, 0) is 30.3 Å². The Bertz CT molecular complexity index is 1180. The summed E-state index contributed by atoms with van der Waals surface area (Å²) >= 11 is 5.39. The Labute approximate surface area is 266 Å². The van der Waals surface area contributed by atoms with Crippen molar-refractivity contribution in [3.8, 4) is 0 Å². The molecule has 4 fully saturated rings. The molecule has 5 rings (SSSR count). The number of thioether (sulfide) groups is 1. The molecule has 43 heavy (non-hydrogen) atoms. The number of fused-ring (bicyclic) bond motifs is 1. The third-order valence-electron chi connectivity index (χ3n) is 9.17. The van der Waals surface area contributed by atoms with E-state index in [1.165, 1.54) is 0 Å². The van der Waals surface area contributed by atoms with Gasteiger partial charge in [-0.2, -0.15) is 0 Å². The Kier molecular flexibility index (Phi) is 10.7. The molecule has 1 aromatic carbocycles. The zero-order chi connectivity index (χ0) is 30.6. The standard InChI is InChI=1S/C32H42BrN3O6S/c1-3-5-16-42-31(40)25-26-29(38)36(23(21-37)19-22-9-7-6-8-10-22)28(32(26)20-24(33)27(25)43-32)30(39)35(11-4-2)13-12-34-14-17-41-18-15-34/h3-4,6-10,23-28,37H,1-2,5,11-21H2/t23-,24?,25+,26+,27+,28?,32?/m1/s1. The molecule has 0 aromatic heterocycles. The number of carbonyl (C=O) groups excluding carboxylic acids is 3. The number of likely N-dealkylation sites (tertiary alicyclic amines) is 1. The lowest BCUT2D eigenvalue weighted by atomic mass is 9.71. The number of esters is 1. The second-order valence-electron chi connectivity index (χ2n) is 11.7. The molecule has 0 aliphatic carbocycles. The van der Waals surface area contributed by atoms with Crippen LogP contribution in [-0.4, -0.2) is 124 Å². The molecule has 1 spiro atoms. The fraction of sp³-hybridized carbons (Fsp3) is 0.594. The fourth-order valence-corrected chi connectivity index (χ4v) is 10.8. The summed E-state index contributed by atoms with van der Waals surface area (Å²) < 4.78 is 10.3. The number of amides is 2. The summed E-state index contributed by atoms with van der Waals surface area (Å²) in [5.41, 5.74) is 0.959. The van der Waals surface area contributed by atoms with Gasteiger partial charge in [0.1, 0.15) is 6.04 Å². The van der Waals surface area contributed by atoms with Gasteiger partial charge in [-0.05, 0) is 24.8 Å². The second kappa shape index (κ2) is 14.3. The van der Waals surface area contributed by atoms with Gasteiger partial charge in [-0.15, -0.1) is 24.9 Å². The van der Waals surface area contributed by atoms with Gasteiger partial charge in [0.2, 0.25) is 11.8 Å². The van der Waals surface area contributed by atoms with Gasteiger partial charge in [0.15, 0.2) is 0 Å². The van der Waals surface area contributed by atoms with Crippen LogP contribution >= 0.6 is 27.7 Å². The third kappa shape index (κ3) is 6.33. The van der Waals surface area contributed by atoms with Crippen LogP contribution in [0.15, 0.2) is 55.6 Å². The van der Waals surface area contributed by atoms with Gasteiger partial charge >= 0.3 is 5.97 Å². The molecule has 4 saturated heterocycles. The molecule has 11 heteroatoms. The molecule has 0 saturated carbocycles. The van der Waals surface area contributed by atoms with Crippen LogP contribution in [0, 0.1) is 11.8 Å². The smallest absolute Gasteiger partial charge is 0.310 e. The van der Waals surface area contributed by atoms with Crippen LogP contribution in [0.2, 0.25) is 0 Å². The first kappa shape index (κ1) is 32.2. The number of carbonyl (C=O) groups is 3. The first-order valence-electron chi connectivity index (χ1n) is 15.1. The maximum atomic E-state index is 14.8. The summed E-state index contributed by atoms with van der Waals surface area (Å²) in [6.07, 6.45) is 4.89. The lowest BCUT2D eigenvalue weighted by Crippen LogP contribution is -2.59. The van der Waals surface area contributed by atoms with E-state index in [4.69, 9.17) is 9.47 Å². The number of halogens is 1. The monoisotopic (exact) mass is 675 g/mol. The molecular formula is C32H42BrN3O6S. The summed E-state index contributed by atoms with van der Waals surface area (Å²) in [6, 6.07) is 8.22. The van der Waals surface area contributed by atoms with E-state index in [9.17, 15) is 19.5 Å². The van der Waals surface area contributed by atoms with E-state index in [1.54, 1.807) is 33.7 Å². The minimum atomic E-state index is -0.837. The highest BCUT2D eigenvalue weighted by molar-refractivity contribution is 9.09. The lowest BCUT2D eigenvalue weighted by Gasteiger charge is -2.40. The highest BCUT2D eigenvalue weighted by Crippen LogP contribution is 2.68. The van der Waals surface area contributed by atoms with E-state index >= 15 is 0 Å². The minimum absolute atomic E-state index is 0.0586. The van der Waals surface area contributed by atoms with E-state index < -0.39 is 34.6 Å². The summed E-state index contributed by atoms with van der Waals surface area (Å²) in [4.78, 5) is 48.5. The van der Waals surface area contributed by atoms with Gasteiger partial charge in [0, 0.05) is 42.8 Å². The molecule has 1 aromatic rings. The van der Waals surface area contributed by atoms with E-state index in [-0.39, 0.29) is 35.1 Å². The van der Waals surface area contributed by atoms with Crippen LogP contribution in [0.1, 0.15) is 18.4 Å². The van der Waals surface area contributed by atoms with E-state index in [2.05, 4.69) is 34.0 Å². The van der Waals surface area contributed by atoms with E-state index in [0.29, 0.717) is 52.1 Å². The lowest BCUT2D eigenvalue weighted by molar-refractivity contribution is -0.154. The van der Waals surface area contributed by atoms with Gasteiger partial charge in [0.25, 0.3) is 0 Å². The van der Waals surface area contributed by atoms with Crippen molar-refractivity contribution in [3.63, 3.8) is 0 Å². The predicted molar refractivity (Wildman–Crippen MR) is 170 cm³/mol. The van der Waals surface area contributed by atoms with Gasteiger partial charge in [-0.1, -0.05) is 58.4 Å². The number of hydrogen-bond donors (Lipinski definition) is 1. The molecule has 234 valence electrons. The molecule has 3 unspecified atom stereocenters. The van der Waals surface area contributed by atoms with Crippen molar-refractivity contribution in [1.29, 1.82) is 0 Å². The molecule has 4 heterocycles. The fourth-order valence-electron chi connectivity index (χ4n) is 7.19. The normalized spacial score (nSPS) is 30.6. The minimum Gasteiger partial charge on any atom is -0.465 e. The number of aliphatic hydroxyl groups is 1. The summed E-state index contributed by atoms with van der Waals surface area (Å²) in [5, 5.41) is 10.5. The largest absolute Gasteiger partial charge is 0.465 e. The highest BCUT2D eigenvalue weighted by Gasteiger charge is 2.76. The van der Waals surface area contributed by atoms with Gasteiger partial charge in [-0.25, -0.2) is 0 Å². The average Bonchev–Trinajstić information content (AvgIpc) is 3.62. The molecule has 0 radical (unpaired) electrons. The second-order valence-corrected chi connectivity index (χ2v) is 14.4. The molecule has 4 aliphatic rings. The molecule has 2 bridgehead atoms. The summed E-state index contributed by atoms with van der Waals surface area (Å²) in [6.45, 7) is 11.9. The summed E-state index contributed by atoms with van der Waals surface area (Å²) in [7, 11) is 0. The van der Waals surface area contributed by atoms with Crippen LogP contribution in [0.5, 0.6) is 0 Å². The molecule has 1 N–H and O–H groups in total. The third-order valence-corrected chi connectivity index (χ3v) is 12.4.